The fraction of sp³-hybridized carbons (Fsp3) is 0.176. The second-order valence-corrected chi connectivity index (χ2v) is 5.19. The number of nitriles is 1. The lowest BCUT2D eigenvalue weighted by Crippen LogP contribution is -2.37. The molecule has 0 amide bonds. The van der Waals surface area contributed by atoms with E-state index in [4.69, 9.17) is 11.0 Å². The molecule has 0 aliphatic carbocycles. The molecule has 1 unspecified atom stereocenters. The van der Waals surface area contributed by atoms with E-state index < -0.39 is 12.2 Å². The lowest BCUT2D eigenvalue weighted by Gasteiger charge is -2.32. The molecule has 0 saturated heterocycles. The summed E-state index contributed by atoms with van der Waals surface area (Å²) in [6.45, 7) is -0.631. The Morgan fingerprint density at radius 2 is 2.00 bits per heavy atom. The third kappa shape index (κ3) is 2.17. The first kappa shape index (κ1) is 13.3. The Labute approximate surface area is 122 Å². The molecule has 0 bridgehead atoms. The van der Waals surface area contributed by atoms with E-state index in [2.05, 4.69) is 11.1 Å². The highest BCUT2D eigenvalue weighted by Crippen LogP contribution is 2.35. The van der Waals surface area contributed by atoms with Crippen molar-refractivity contribution in [2.75, 3.05) is 6.67 Å². The number of rotatable bonds is 2. The summed E-state index contributed by atoms with van der Waals surface area (Å²) in [4.78, 5) is 4.44. The summed E-state index contributed by atoms with van der Waals surface area (Å²) in [5.41, 5.74) is 8.02. The molecule has 0 fully saturated rings. The lowest BCUT2D eigenvalue weighted by atomic mass is 9.81. The van der Waals surface area contributed by atoms with Crippen LogP contribution in [0.4, 0.5) is 4.39 Å². The van der Waals surface area contributed by atoms with Crippen LogP contribution in [0.15, 0.2) is 53.5 Å². The van der Waals surface area contributed by atoms with E-state index in [0.717, 1.165) is 16.7 Å². The first-order valence-corrected chi connectivity index (χ1v) is 6.69. The van der Waals surface area contributed by atoms with Gasteiger partial charge in [-0.25, -0.2) is 4.39 Å². The van der Waals surface area contributed by atoms with Crippen LogP contribution in [0, 0.1) is 11.3 Å². The Morgan fingerprint density at radius 1 is 1.24 bits per heavy atom. The molecule has 4 heteroatoms. The van der Waals surface area contributed by atoms with E-state index in [1.54, 1.807) is 18.2 Å². The van der Waals surface area contributed by atoms with Crippen molar-refractivity contribution in [1.29, 1.82) is 5.26 Å². The Morgan fingerprint density at radius 3 is 2.67 bits per heavy atom. The molecule has 1 aliphatic heterocycles. The monoisotopic (exact) mass is 279 g/mol. The fourth-order valence-electron chi connectivity index (χ4n) is 2.77. The average molecular weight is 279 g/mol. The van der Waals surface area contributed by atoms with E-state index in [1.807, 2.05) is 30.3 Å². The Bertz CT molecular complexity index is 746. The van der Waals surface area contributed by atoms with Crippen LogP contribution >= 0.6 is 0 Å². The number of benzene rings is 2. The third-order valence-corrected chi connectivity index (χ3v) is 3.86. The number of halogens is 1. The fourth-order valence-corrected chi connectivity index (χ4v) is 2.77. The van der Waals surface area contributed by atoms with E-state index in [-0.39, 0.29) is 0 Å². The number of alkyl halides is 1. The predicted molar refractivity (Wildman–Crippen MR) is 79.7 cm³/mol. The van der Waals surface area contributed by atoms with Crippen molar-refractivity contribution in [3.63, 3.8) is 0 Å². The van der Waals surface area contributed by atoms with Crippen LogP contribution in [0.3, 0.4) is 0 Å². The standard InChI is InChI=1S/C17H14FN3/c18-11-17(14-4-2-1-3-5-14)9-13-8-12(10-19)6-7-15(13)16(20)21-17/h1-8H,9,11H2,(H2,20,21). The molecule has 0 aromatic heterocycles. The largest absolute Gasteiger partial charge is 0.383 e. The molecule has 104 valence electrons. The molecule has 1 aliphatic rings. The predicted octanol–water partition coefficient (Wildman–Crippen LogP) is 2.68. The van der Waals surface area contributed by atoms with Gasteiger partial charge in [0.15, 0.2) is 0 Å². The van der Waals surface area contributed by atoms with Crippen molar-refractivity contribution >= 4 is 5.84 Å². The number of hydrogen-bond donors (Lipinski definition) is 1. The molecule has 3 nitrogen and oxygen atoms in total. The molecule has 1 atom stereocenters. The first-order valence-electron chi connectivity index (χ1n) is 6.69. The molecular formula is C17H14FN3. The number of nitrogens with two attached hydrogens (primary N) is 1. The van der Waals surface area contributed by atoms with Gasteiger partial charge in [0.2, 0.25) is 0 Å². The Balaban J connectivity index is 2.15. The zero-order valence-electron chi connectivity index (χ0n) is 11.4. The summed E-state index contributed by atoms with van der Waals surface area (Å²) < 4.78 is 13.8. The Kier molecular flexibility index (Phi) is 3.19. The zero-order valence-corrected chi connectivity index (χ0v) is 11.4. The molecule has 2 aromatic rings. The molecule has 3 rings (SSSR count). The van der Waals surface area contributed by atoms with Crippen molar-refractivity contribution in [1.82, 2.24) is 0 Å². The highest BCUT2D eigenvalue weighted by atomic mass is 19.1. The second kappa shape index (κ2) is 5.02. The maximum Gasteiger partial charge on any atom is 0.126 e. The molecule has 1 heterocycles. The molecule has 2 aromatic carbocycles. The van der Waals surface area contributed by atoms with Crippen molar-refractivity contribution < 1.29 is 4.39 Å². The highest BCUT2D eigenvalue weighted by molar-refractivity contribution is 6.00. The van der Waals surface area contributed by atoms with Crippen molar-refractivity contribution in [2.24, 2.45) is 10.7 Å². The molecule has 2 N–H and O–H groups in total. The smallest absolute Gasteiger partial charge is 0.126 e. The number of amidine groups is 1. The van der Waals surface area contributed by atoms with Gasteiger partial charge in [-0.1, -0.05) is 30.3 Å². The van der Waals surface area contributed by atoms with Crippen LogP contribution in [0.5, 0.6) is 0 Å². The molecule has 0 radical (unpaired) electrons. The summed E-state index contributed by atoms with van der Waals surface area (Å²) in [7, 11) is 0. The van der Waals surface area contributed by atoms with Crippen LogP contribution in [-0.2, 0) is 12.0 Å². The minimum atomic E-state index is -0.994. The van der Waals surface area contributed by atoms with Crippen LogP contribution in [0.1, 0.15) is 22.3 Å². The van der Waals surface area contributed by atoms with Gasteiger partial charge < -0.3 is 5.73 Å². The Hall–Kier alpha value is -2.67. The van der Waals surface area contributed by atoms with Gasteiger partial charge in [-0.2, -0.15) is 5.26 Å². The van der Waals surface area contributed by atoms with Crippen molar-refractivity contribution in [3.05, 3.63) is 70.8 Å². The van der Waals surface area contributed by atoms with Gasteiger partial charge >= 0.3 is 0 Å². The van der Waals surface area contributed by atoms with Crippen molar-refractivity contribution in [2.45, 2.75) is 12.0 Å². The SMILES string of the molecule is N#Cc1ccc2c(c1)CC(CF)(c1ccccc1)N=C2N. The van der Waals surface area contributed by atoms with E-state index in [0.29, 0.717) is 17.8 Å². The first-order chi connectivity index (χ1) is 10.2. The van der Waals surface area contributed by atoms with Gasteiger partial charge in [-0.15, -0.1) is 0 Å². The van der Waals surface area contributed by atoms with E-state index in [9.17, 15) is 4.39 Å². The van der Waals surface area contributed by atoms with Gasteiger partial charge in [0, 0.05) is 12.0 Å². The number of nitrogens with zero attached hydrogens (tertiary/aromatic N) is 2. The summed E-state index contributed by atoms with van der Waals surface area (Å²) in [6, 6.07) is 16.7. The van der Waals surface area contributed by atoms with Gasteiger partial charge in [0.25, 0.3) is 0 Å². The van der Waals surface area contributed by atoms with Gasteiger partial charge in [-0.3, -0.25) is 4.99 Å². The zero-order chi connectivity index (χ0) is 14.9. The normalized spacial score (nSPS) is 20.3. The van der Waals surface area contributed by atoms with Gasteiger partial charge in [0.05, 0.1) is 11.6 Å². The molecule has 0 saturated carbocycles. The maximum atomic E-state index is 13.8. The van der Waals surface area contributed by atoms with Crippen molar-refractivity contribution in [3.8, 4) is 6.07 Å². The molecule has 21 heavy (non-hydrogen) atoms. The second-order valence-electron chi connectivity index (χ2n) is 5.19. The number of aliphatic imine (C=N–C) groups is 1. The summed E-state index contributed by atoms with van der Waals surface area (Å²) in [6.07, 6.45) is 0.402. The van der Waals surface area contributed by atoms with Crippen LogP contribution in [-0.4, -0.2) is 12.5 Å². The summed E-state index contributed by atoms with van der Waals surface area (Å²) >= 11 is 0. The van der Waals surface area contributed by atoms with Gasteiger partial charge in [0.1, 0.15) is 18.0 Å². The minimum Gasteiger partial charge on any atom is -0.383 e. The number of hydrogen-bond acceptors (Lipinski definition) is 3. The number of fused-ring (bicyclic) bond motifs is 1. The van der Waals surface area contributed by atoms with Crippen LogP contribution in [0.25, 0.3) is 0 Å². The average Bonchev–Trinajstić information content (AvgIpc) is 2.54. The minimum absolute atomic E-state index is 0.322. The van der Waals surface area contributed by atoms with Crippen LogP contribution < -0.4 is 5.73 Å². The highest BCUT2D eigenvalue weighted by Gasteiger charge is 2.36. The summed E-state index contributed by atoms with van der Waals surface area (Å²) in [5, 5.41) is 9.02. The topological polar surface area (TPSA) is 62.2 Å². The van der Waals surface area contributed by atoms with E-state index in [1.165, 1.54) is 0 Å². The third-order valence-electron chi connectivity index (χ3n) is 3.86. The van der Waals surface area contributed by atoms with Gasteiger partial charge in [-0.05, 0) is 29.3 Å². The molecule has 0 spiro atoms. The maximum absolute atomic E-state index is 13.8. The molecular weight excluding hydrogens is 265 g/mol. The summed E-state index contributed by atoms with van der Waals surface area (Å²) in [5.74, 6) is 0.322. The lowest BCUT2D eigenvalue weighted by molar-refractivity contribution is 0.309. The quantitative estimate of drug-likeness (QED) is 0.918. The van der Waals surface area contributed by atoms with Crippen LogP contribution in [0.2, 0.25) is 0 Å². The van der Waals surface area contributed by atoms with E-state index >= 15 is 0 Å².